The van der Waals surface area contributed by atoms with E-state index in [1.807, 2.05) is 0 Å². The fourth-order valence-electron chi connectivity index (χ4n) is 2.60. The van der Waals surface area contributed by atoms with E-state index in [1.165, 1.54) is 83.5 Å². The van der Waals surface area contributed by atoms with E-state index >= 15 is 0 Å². The third-order valence-electron chi connectivity index (χ3n) is 4.18. The Hall–Kier alpha value is -0.480. The average molecular weight is 293 g/mol. The lowest BCUT2D eigenvalue weighted by molar-refractivity contribution is 0.143. The van der Waals surface area contributed by atoms with Gasteiger partial charge in [-0.2, -0.15) is 0 Å². The van der Waals surface area contributed by atoms with E-state index in [1.54, 1.807) is 0 Å². The Bertz CT molecular complexity index is 269. The summed E-state index contributed by atoms with van der Waals surface area (Å²) < 4.78 is 5.35. The Kier molecular flexibility index (Phi) is 12.8. The van der Waals surface area contributed by atoms with Crippen LogP contribution in [0.15, 0.2) is 0 Å². The molecule has 122 valence electrons. The van der Waals surface area contributed by atoms with Gasteiger partial charge in [0.25, 0.3) is 0 Å². The Balaban J connectivity index is 1.64. The van der Waals surface area contributed by atoms with Crippen LogP contribution in [0.2, 0.25) is 0 Å². The Morgan fingerprint density at radius 1 is 0.762 bits per heavy atom. The van der Waals surface area contributed by atoms with Crippen molar-refractivity contribution in [2.24, 2.45) is 5.92 Å². The van der Waals surface area contributed by atoms with Crippen molar-refractivity contribution in [1.29, 1.82) is 0 Å². The van der Waals surface area contributed by atoms with E-state index in [0.717, 1.165) is 25.6 Å². The maximum Gasteiger partial charge on any atom is 0.0465 e. The lowest BCUT2D eigenvalue weighted by Gasteiger charge is -2.03. The van der Waals surface area contributed by atoms with Gasteiger partial charge in [0.1, 0.15) is 0 Å². The largest absolute Gasteiger partial charge is 0.382 e. The molecule has 0 spiro atoms. The van der Waals surface area contributed by atoms with Gasteiger partial charge in [-0.25, -0.2) is 0 Å². The average Bonchev–Trinajstić information content (AvgIpc) is 3.31. The van der Waals surface area contributed by atoms with Gasteiger partial charge in [0.2, 0.25) is 0 Å². The second-order valence-corrected chi connectivity index (χ2v) is 6.43. The molecule has 0 aromatic carbocycles. The van der Waals surface area contributed by atoms with Crippen LogP contribution in [0.25, 0.3) is 0 Å². The highest BCUT2D eigenvalue weighted by Gasteiger charge is 2.17. The standard InChI is InChI=1S/C20H36O/c1-2-21-19-15-13-11-9-7-5-3-4-6-8-10-12-14-16-20-17-18-20/h20H,2-13,15,17-19H2,1H3. The summed E-state index contributed by atoms with van der Waals surface area (Å²) in [5.41, 5.74) is 0. The highest BCUT2D eigenvalue weighted by Crippen LogP contribution is 2.27. The maximum atomic E-state index is 5.35. The lowest BCUT2D eigenvalue weighted by Crippen LogP contribution is -1.92. The van der Waals surface area contributed by atoms with Gasteiger partial charge in [-0.15, -0.1) is 5.92 Å². The molecule has 0 aromatic rings. The van der Waals surface area contributed by atoms with E-state index in [2.05, 4.69) is 18.8 Å². The van der Waals surface area contributed by atoms with Gasteiger partial charge in [-0.05, 0) is 32.6 Å². The first kappa shape index (κ1) is 18.6. The highest BCUT2D eigenvalue weighted by molar-refractivity contribution is 5.08. The topological polar surface area (TPSA) is 9.23 Å². The van der Waals surface area contributed by atoms with E-state index in [9.17, 15) is 0 Å². The van der Waals surface area contributed by atoms with E-state index in [-0.39, 0.29) is 0 Å². The predicted octanol–water partition coefficient (Wildman–Crippen LogP) is 6.12. The second-order valence-electron chi connectivity index (χ2n) is 6.43. The molecule has 0 bridgehead atoms. The molecule has 21 heavy (non-hydrogen) atoms. The van der Waals surface area contributed by atoms with Crippen LogP contribution in [0.4, 0.5) is 0 Å². The summed E-state index contributed by atoms with van der Waals surface area (Å²) in [5, 5.41) is 0. The summed E-state index contributed by atoms with van der Waals surface area (Å²) in [5.74, 6) is 7.46. The number of unbranched alkanes of at least 4 members (excludes halogenated alkanes) is 11. The first-order valence-corrected chi connectivity index (χ1v) is 9.49. The van der Waals surface area contributed by atoms with E-state index < -0.39 is 0 Å². The Labute approximate surface area is 133 Å². The molecule has 0 saturated heterocycles. The first-order chi connectivity index (χ1) is 10.4. The van der Waals surface area contributed by atoms with Gasteiger partial charge in [0.05, 0.1) is 0 Å². The molecular weight excluding hydrogens is 256 g/mol. The molecule has 0 amide bonds. The van der Waals surface area contributed by atoms with Crippen LogP contribution >= 0.6 is 0 Å². The van der Waals surface area contributed by atoms with Crippen molar-refractivity contribution in [1.82, 2.24) is 0 Å². The molecule has 1 heteroatoms. The second kappa shape index (κ2) is 14.5. The van der Waals surface area contributed by atoms with Crippen molar-refractivity contribution >= 4 is 0 Å². The zero-order chi connectivity index (χ0) is 15.0. The monoisotopic (exact) mass is 292 g/mol. The van der Waals surface area contributed by atoms with Crippen molar-refractivity contribution in [3.63, 3.8) is 0 Å². The molecule has 0 heterocycles. The van der Waals surface area contributed by atoms with Crippen LogP contribution in [0, 0.1) is 17.8 Å². The molecule has 0 unspecified atom stereocenters. The molecule has 1 aliphatic carbocycles. The summed E-state index contributed by atoms with van der Waals surface area (Å²) in [6, 6.07) is 0. The third kappa shape index (κ3) is 14.2. The zero-order valence-corrected chi connectivity index (χ0v) is 14.3. The van der Waals surface area contributed by atoms with Crippen molar-refractivity contribution in [3.05, 3.63) is 0 Å². The summed E-state index contributed by atoms with van der Waals surface area (Å²) in [4.78, 5) is 0. The highest BCUT2D eigenvalue weighted by atomic mass is 16.5. The molecule has 0 aromatic heterocycles. The van der Waals surface area contributed by atoms with Crippen molar-refractivity contribution in [3.8, 4) is 11.8 Å². The molecule has 0 radical (unpaired) electrons. The number of rotatable bonds is 14. The van der Waals surface area contributed by atoms with E-state index in [0.29, 0.717) is 0 Å². The lowest BCUT2D eigenvalue weighted by atomic mass is 10.1. The molecule has 1 aliphatic rings. The smallest absolute Gasteiger partial charge is 0.0465 e. The maximum absolute atomic E-state index is 5.35. The van der Waals surface area contributed by atoms with Crippen LogP contribution in [0.3, 0.4) is 0 Å². The molecule has 1 saturated carbocycles. The molecular formula is C20H36O. The van der Waals surface area contributed by atoms with E-state index in [4.69, 9.17) is 4.74 Å². The van der Waals surface area contributed by atoms with Crippen LogP contribution in [0.1, 0.15) is 96.8 Å². The fourth-order valence-corrected chi connectivity index (χ4v) is 2.60. The minimum atomic E-state index is 0.782. The number of hydrogen-bond donors (Lipinski definition) is 0. The van der Waals surface area contributed by atoms with Crippen LogP contribution in [0.5, 0.6) is 0 Å². The van der Waals surface area contributed by atoms with Gasteiger partial charge in [-0.3, -0.25) is 0 Å². The first-order valence-electron chi connectivity index (χ1n) is 9.49. The number of ether oxygens (including phenoxy) is 1. The van der Waals surface area contributed by atoms with Crippen LogP contribution in [-0.2, 0) is 4.74 Å². The summed E-state index contributed by atoms with van der Waals surface area (Å²) in [7, 11) is 0. The molecule has 0 atom stereocenters. The fraction of sp³-hybridized carbons (Fsp3) is 0.900. The molecule has 1 fully saturated rings. The Morgan fingerprint density at radius 3 is 1.81 bits per heavy atom. The summed E-state index contributed by atoms with van der Waals surface area (Å²) in [6.07, 6.45) is 19.1. The Morgan fingerprint density at radius 2 is 1.29 bits per heavy atom. The van der Waals surface area contributed by atoms with Crippen LogP contribution < -0.4 is 0 Å². The minimum Gasteiger partial charge on any atom is -0.382 e. The van der Waals surface area contributed by atoms with Crippen molar-refractivity contribution in [2.75, 3.05) is 13.2 Å². The zero-order valence-electron chi connectivity index (χ0n) is 14.3. The third-order valence-corrected chi connectivity index (χ3v) is 4.18. The summed E-state index contributed by atoms with van der Waals surface area (Å²) >= 11 is 0. The van der Waals surface area contributed by atoms with Crippen molar-refractivity contribution in [2.45, 2.75) is 96.8 Å². The number of hydrogen-bond acceptors (Lipinski definition) is 1. The van der Waals surface area contributed by atoms with Gasteiger partial charge in [0.15, 0.2) is 0 Å². The van der Waals surface area contributed by atoms with Gasteiger partial charge in [-0.1, -0.05) is 63.7 Å². The quantitative estimate of drug-likeness (QED) is 0.277. The minimum absolute atomic E-state index is 0.782. The molecule has 1 rings (SSSR count). The normalized spacial score (nSPS) is 14.0. The molecule has 1 nitrogen and oxygen atoms in total. The molecule has 0 aliphatic heterocycles. The van der Waals surface area contributed by atoms with Gasteiger partial charge < -0.3 is 4.74 Å². The van der Waals surface area contributed by atoms with Crippen LogP contribution in [-0.4, -0.2) is 13.2 Å². The summed E-state index contributed by atoms with van der Waals surface area (Å²) in [6.45, 7) is 3.90. The molecule has 0 N–H and O–H groups in total. The SMILES string of the molecule is CCOCCCCCCCCCCCCCC#CC1CC1. The van der Waals surface area contributed by atoms with Gasteiger partial charge in [0, 0.05) is 25.6 Å². The van der Waals surface area contributed by atoms with Gasteiger partial charge >= 0.3 is 0 Å². The van der Waals surface area contributed by atoms with Crippen molar-refractivity contribution < 1.29 is 4.74 Å². The predicted molar refractivity (Wildman–Crippen MR) is 92.4 cm³/mol.